The SMILES string of the molecule is CCN1CC(c2nc3ccccc3n2CCCOc2ccccc2C)CC1=O. The molecule has 3 aromatic rings. The van der Waals surface area contributed by atoms with Gasteiger partial charge in [-0.15, -0.1) is 0 Å². The van der Waals surface area contributed by atoms with Gasteiger partial charge in [-0.1, -0.05) is 30.3 Å². The van der Waals surface area contributed by atoms with Crippen LogP contribution in [0.4, 0.5) is 0 Å². The number of likely N-dealkylation sites (tertiary alicyclic amines) is 1. The fraction of sp³-hybridized carbons (Fsp3) is 0.391. The average Bonchev–Trinajstić information content (AvgIpc) is 3.26. The van der Waals surface area contributed by atoms with Crippen LogP contribution in [-0.2, 0) is 11.3 Å². The fourth-order valence-electron chi connectivity index (χ4n) is 4.01. The minimum Gasteiger partial charge on any atom is -0.493 e. The van der Waals surface area contributed by atoms with Crippen molar-refractivity contribution in [2.24, 2.45) is 0 Å². The van der Waals surface area contributed by atoms with Crippen molar-refractivity contribution >= 4 is 16.9 Å². The lowest BCUT2D eigenvalue weighted by atomic mass is 10.1. The molecule has 0 N–H and O–H groups in total. The van der Waals surface area contributed by atoms with Crippen molar-refractivity contribution in [2.75, 3.05) is 19.7 Å². The topological polar surface area (TPSA) is 47.4 Å². The summed E-state index contributed by atoms with van der Waals surface area (Å²) in [6, 6.07) is 16.3. The van der Waals surface area contributed by atoms with Crippen LogP contribution in [0.2, 0.25) is 0 Å². The Kier molecular flexibility index (Phi) is 5.33. The molecule has 1 saturated heterocycles. The van der Waals surface area contributed by atoms with Crippen LogP contribution in [-0.4, -0.2) is 40.1 Å². The molecule has 1 aliphatic heterocycles. The number of aromatic nitrogens is 2. The maximum Gasteiger partial charge on any atom is 0.223 e. The predicted octanol–water partition coefficient (Wildman–Crippen LogP) is 4.15. The van der Waals surface area contributed by atoms with E-state index in [4.69, 9.17) is 9.72 Å². The molecule has 2 aromatic carbocycles. The molecule has 1 atom stereocenters. The molecule has 1 unspecified atom stereocenters. The van der Waals surface area contributed by atoms with E-state index in [-0.39, 0.29) is 11.8 Å². The van der Waals surface area contributed by atoms with Crippen LogP contribution in [0.5, 0.6) is 5.75 Å². The number of amides is 1. The number of hydrogen-bond donors (Lipinski definition) is 0. The summed E-state index contributed by atoms with van der Waals surface area (Å²) in [4.78, 5) is 19.1. The lowest BCUT2D eigenvalue weighted by Gasteiger charge is -2.16. The lowest BCUT2D eigenvalue weighted by molar-refractivity contribution is -0.127. The van der Waals surface area contributed by atoms with Gasteiger partial charge < -0.3 is 14.2 Å². The molecule has 0 aliphatic carbocycles. The summed E-state index contributed by atoms with van der Waals surface area (Å²) in [5.41, 5.74) is 3.29. The van der Waals surface area contributed by atoms with Crippen molar-refractivity contribution in [2.45, 2.75) is 39.2 Å². The van der Waals surface area contributed by atoms with Gasteiger partial charge in [0.05, 0.1) is 17.6 Å². The van der Waals surface area contributed by atoms with Gasteiger partial charge in [0.25, 0.3) is 0 Å². The smallest absolute Gasteiger partial charge is 0.223 e. The lowest BCUT2D eigenvalue weighted by Crippen LogP contribution is -2.24. The second-order valence-corrected chi connectivity index (χ2v) is 7.41. The van der Waals surface area contributed by atoms with Gasteiger partial charge >= 0.3 is 0 Å². The van der Waals surface area contributed by atoms with Gasteiger partial charge in [-0.05, 0) is 44.0 Å². The molecule has 1 aromatic heterocycles. The number of benzene rings is 2. The number of fused-ring (bicyclic) bond motifs is 1. The van der Waals surface area contributed by atoms with E-state index in [0.29, 0.717) is 13.0 Å². The number of aryl methyl sites for hydroxylation is 2. The Hall–Kier alpha value is -2.82. The van der Waals surface area contributed by atoms with Gasteiger partial charge in [-0.25, -0.2) is 4.98 Å². The van der Waals surface area contributed by atoms with Gasteiger partial charge in [0.15, 0.2) is 0 Å². The highest BCUT2D eigenvalue weighted by molar-refractivity contribution is 5.80. The van der Waals surface area contributed by atoms with Crippen molar-refractivity contribution in [1.29, 1.82) is 0 Å². The van der Waals surface area contributed by atoms with Gasteiger partial charge in [0, 0.05) is 32.0 Å². The summed E-state index contributed by atoms with van der Waals surface area (Å²) < 4.78 is 8.25. The Bertz CT molecular complexity index is 979. The van der Waals surface area contributed by atoms with Gasteiger partial charge in [-0.2, -0.15) is 0 Å². The van der Waals surface area contributed by atoms with Crippen molar-refractivity contribution in [1.82, 2.24) is 14.5 Å². The quantitative estimate of drug-likeness (QED) is 0.581. The van der Waals surface area contributed by atoms with E-state index >= 15 is 0 Å². The van der Waals surface area contributed by atoms with Crippen LogP contribution in [0.15, 0.2) is 48.5 Å². The molecule has 1 fully saturated rings. The molecule has 0 radical (unpaired) electrons. The zero-order valence-corrected chi connectivity index (χ0v) is 16.6. The van der Waals surface area contributed by atoms with Crippen LogP contribution in [0.3, 0.4) is 0 Å². The number of imidazole rings is 1. The van der Waals surface area contributed by atoms with Crippen LogP contribution in [0, 0.1) is 6.92 Å². The number of ether oxygens (including phenoxy) is 1. The molecular weight excluding hydrogens is 350 g/mol. The van der Waals surface area contributed by atoms with E-state index in [1.807, 2.05) is 48.2 Å². The van der Waals surface area contributed by atoms with E-state index in [2.05, 4.69) is 23.6 Å². The molecular formula is C23H27N3O2. The third-order valence-corrected chi connectivity index (χ3v) is 5.52. The third-order valence-electron chi connectivity index (χ3n) is 5.52. The summed E-state index contributed by atoms with van der Waals surface area (Å²) in [6.45, 7) is 7.11. The Morgan fingerprint density at radius 1 is 1.14 bits per heavy atom. The Morgan fingerprint density at radius 2 is 1.93 bits per heavy atom. The first kappa shape index (κ1) is 18.5. The average molecular weight is 377 g/mol. The highest BCUT2D eigenvalue weighted by Crippen LogP contribution is 2.30. The molecule has 4 rings (SSSR count). The largest absolute Gasteiger partial charge is 0.493 e. The van der Waals surface area contributed by atoms with E-state index in [1.165, 1.54) is 0 Å². The maximum absolute atomic E-state index is 12.2. The minimum atomic E-state index is 0.164. The monoisotopic (exact) mass is 377 g/mol. The summed E-state index contributed by atoms with van der Waals surface area (Å²) >= 11 is 0. The fourth-order valence-corrected chi connectivity index (χ4v) is 4.01. The number of para-hydroxylation sites is 3. The maximum atomic E-state index is 12.2. The van der Waals surface area contributed by atoms with Crippen molar-refractivity contribution in [3.8, 4) is 5.75 Å². The van der Waals surface area contributed by atoms with E-state index in [9.17, 15) is 4.79 Å². The molecule has 5 heteroatoms. The first-order valence-electron chi connectivity index (χ1n) is 10.1. The second kappa shape index (κ2) is 8.05. The predicted molar refractivity (Wildman–Crippen MR) is 111 cm³/mol. The standard InChI is InChI=1S/C23H27N3O2/c1-3-25-16-18(15-22(25)27)23-24-19-10-5-6-11-20(19)26(23)13-8-14-28-21-12-7-4-9-17(21)2/h4-7,9-12,18H,3,8,13-16H2,1-2H3. The van der Waals surface area contributed by atoms with E-state index in [1.54, 1.807) is 0 Å². The Morgan fingerprint density at radius 3 is 2.71 bits per heavy atom. The third kappa shape index (κ3) is 3.61. The summed E-state index contributed by atoms with van der Waals surface area (Å²) in [5, 5.41) is 0. The molecule has 146 valence electrons. The molecule has 5 nitrogen and oxygen atoms in total. The van der Waals surface area contributed by atoms with Crippen LogP contribution < -0.4 is 4.74 Å². The molecule has 1 amide bonds. The molecule has 0 spiro atoms. The number of likely N-dealkylation sites (N-methyl/N-ethyl adjacent to an activating group) is 1. The molecule has 0 bridgehead atoms. The molecule has 28 heavy (non-hydrogen) atoms. The van der Waals surface area contributed by atoms with Crippen LogP contribution in [0.25, 0.3) is 11.0 Å². The first-order valence-corrected chi connectivity index (χ1v) is 10.1. The zero-order chi connectivity index (χ0) is 19.5. The molecule has 2 heterocycles. The number of rotatable bonds is 7. The van der Waals surface area contributed by atoms with Crippen LogP contribution >= 0.6 is 0 Å². The summed E-state index contributed by atoms with van der Waals surface area (Å²) in [5.74, 6) is 2.37. The van der Waals surface area contributed by atoms with E-state index < -0.39 is 0 Å². The Labute approximate surface area is 165 Å². The van der Waals surface area contributed by atoms with Gasteiger partial charge in [0.2, 0.25) is 5.91 Å². The molecule has 0 saturated carbocycles. The number of carbonyl (C=O) groups excluding carboxylic acids is 1. The summed E-state index contributed by atoms with van der Waals surface area (Å²) in [7, 11) is 0. The van der Waals surface area contributed by atoms with Gasteiger partial charge in [-0.3, -0.25) is 4.79 Å². The zero-order valence-electron chi connectivity index (χ0n) is 16.6. The minimum absolute atomic E-state index is 0.164. The molecule has 1 aliphatic rings. The summed E-state index contributed by atoms with van der Waals surface area (Å²) in [6.07, 6.45) is 1.44. The van der Waals surface area contributed by atoms with Crippen molar-refractivity contribution in [3.05, 3.63) is 59.9 Å². The van der Waals surface area contributed by atoms with Crippen molar-refractivity contribution in [3.63, 3.8) is 0 Å². The highest BCUT2D eigenvalue weighted by atomic mass is 16.5. The van der Waals surface area contributed by atoms with Crippen LogP contribution in [0.1, 0.15) is 37.1 Å². The van der Waals surface area contributed by atoms with Gasteiger partial charge in [0.1, 0.15) is 11.6 Å². The Balaban J connectivity index is 1.51. The van der Waals surface area contributed by atoms with E-state index in [0.717, 1.165) is 54.2 Å². The number of hydrogen-bond acceptors (Lipinski definition) is 3. The normalized spacial score (nSPS) is 16.9. The highest BCUT2D eigenvalue weighted by Gasteiger charge is 2.32. The van der Waals surface area contributed by atoms with Crippen molar-refractivity contribution < 1.29 is 9.53 Å². The second-order valence-electron chi connectivity index (χ2n) is 7.41. The first-order chi connectivity index (χ1) is 13.7. The number of carbonyl (C=O) groups is 1. The number of nitrogens with zero attached hydrogens (tertiary/aromatic N) is 3.